The lowest BCUT2D eigenvalue weighted by atomic mass is 9.94. The fourth-order valence-electron chi connectivity index (χ4n) is 2.53. The summed E-state index contributed by atoms with van der Waals surface area (Å²) in [6.45, 7) is 4.12. The summed E-state index contributed by atoms with van der Waals surface area (Å²) in [7, 11) is -4.94. The molecule has 1 aliphatic heterocycles. The first kappa shape index (κ1) is 19.1. The predicted molar refractivity (Wildman–Crippen MR) is 80.9 cm³/mol. The maximum atomic E-state index is 9.78. The van der Waals surface area contributed by atoms with Gasteiger partial charge in [0.15, 0.2) is 0 Å². The Bertz CT molecular complexity index is 799. The van der Waals surface area contributed by atoms with Crippen molar-refractivity contribution < 1.29 is 38.4 Å². The van der Waals surface area contributed by atoms with Crippen LogP contribution >= 0.6 is 0 Å². The number of benzene rings is 2. The maximum absolute atomic E-state index is 9.78. The van der Waals surface area contributed by atoms with Crippen molar-refractivity contribution in [2.24, 2.45) is 0 Å². The van der Waals surface area contributed by atoms with Crippen molar-refractivity contribution in [3.63, 3.8) is 0 Å². The summed E-state index contributed by atoms with van der Waals surface area (Å²) in [5, 5.41) is 9.78. The van der Waals surface area contributed by atoms with Crippen LogP contribution in [0.5, 0.6) is 5.75 Å². The van der Waals surface area contributed by atoms with Crippen LogP contribution in [0.1, 0.15) is 35.0 Å². The van der Waals surface area contributed by atoms with Crippen molar-refractivity contribution in [3.05, 3.63) is 71.3 Å². The van der Waals surface area contributed by atoms with Crippen molar-refractivity contribution in [2.75, 3.05) is 0 Å². The highest BCUT2D eigenvalue weighted by atomic mass is 35.7. The molecule has 0 spiro atoms. The van der Waals surface area contributed by atoms with Gasteiger partial charge in [0.1, 0.15) is 5.75 Å². The van der Waals surface area contributed by atoms with Crippen molar-refractivity contribution in [1.82, 2.24) is 0 Å². The van der Waals surface area contributed by atoms with Crippen LogP contribution in [-0.4, -0.2) is 10.9 Å². The predicted octanol–water partition coefficient (Wildman–Crippen LogP) is -0.683. The van der Waals surface area contributed by atoms with Crippen LogP contribution < -0.4 is 18.6 Å². The first-order valence-electron chi connectivity index (χ1n) is 7.31. The molecule has 3 rings (SSSR count). The number of hydrogen-bond donors (Lipinski definition) is 1. The zero-order valence-electron chi connectivity index (χ0n) is 13.6. The third-order valence-corrected chi connectivity index (χ3v) is 3.56. The van der Waals surface area contributed by atoms with E-state index in [0.717, 1.165) is 16.9 Å². The summed E-state index contributed by atoms with van der Waals surface area (Å²) in [5.41, 5.74) is 2.78. The van der Waals surface area contributed by atoms with Gasteiger partial charge in [0, 0.05) is 25.5 Å². The minimum Gasteiger partial charge on any atom is -0.507 e. The number of carbonyl (C=O) groups excluding carboxylic acids is 1. The van der Waals surface area contributed by atoms with E-state index in [0.29, 0.717) is 0 Å². The van der Waals surface area contributed by atoms with E-state index in [-0.39, 0.29) is 11.4 Å². The van der Waals surface area contributed by atoms with E-state index in [1.165, 1.54) is 5.56 Å². The average molecular weight is 365 g/mol. The summed E-state index contributed by atoms with van der Waals surface area (Å²) < 4.78 is 40.0. The number of hydrogen-bond acceptors (Lipinski definition) is 5. The van der Waals surface area contributed by atoms with Crippen LogP contribution in [0.3, 0.4) is 0 Å². The number of para-hydroxylation sites is 1. The van der Waals surface area contributed by atoms with Crippen molar-refractivity contribution in [1.29, 1.82) is 0 Å². The Morgan fingerprint density at radius 3 is 2.12 bits per heavy atom. The fraction of sp³-hybridized carbons (Fsp3) is 0.167. The Morgan fingerprint density at radius 2 is 1.48 bits per heavy atom. The molecular formula is C18H17ClO6. The first-order chi connectivity index (χ1) is 11.6. The molecule has 0 aliphatic carbocycles. The summed E-state index contributed by atoms with van der Waals surface area (Å²) >= 11 is 0. The molecule has 0 saturated heterocycles. The number of phenolic OH excluding ortho intramolecular Hbond substituents is 1. The van der Waals surface area contributed by atoms with E-state index in [9.17, 15) is 5.11 Å². The van der Waals surface area contributed by atoms with Gasteiger partial charge in [-0.3, -0.25) is 0 Å². The summed E-state index contributed by atoms with van der Waals surface area (Å²) in [4.78, 5) is 0. The van der Waals surface area contributed by atoms with Gasteiger partial charge in [-0.1, -0.05) is 30.3 Å². The number of ketones is 1. The molecule has 1 aliphatic rings. The second-order valence-corrected chi connectivity index (χ2v) is 6.55. The highest BCUT2D eigenvalue weighted by molar-refractivity contribution is 6.09. The van der Waals surface area contributed by atoms with E-state index in [4.69, 9.17) is 23.1 Å². The normalized spacial score (nSPS) is 15.4. The molecule has 2 aromatic rings. The zero-order chi connectivity index (χ0) is 18.7. The third-order valence-electron chi connectivity index (χ3n) is 3.56. The van der Waals surface area contributed by atoms with Gasteiger partial charge in [-0.15, -0.1) is 10.2 Å². The van der Waals surface area contributed by atoms with Gasteiger partial charge in [-0.2, -0.15) is 0 Å². The molecular weight excluding hydrogens is 348 g/mol. The van der Waals surface area contributed by atoms with Crippen LogP contribution in [0.4, 0.5) is 0 Å². The average Bonchev–Trinajstić information content (AvgIpc) is 2.77. The summed E-state index contributed by atoms with van der Waals surface area (Å²) in [5.74, 6) is 1.11. The highest BCUT2D eigenvalue weighted by Gasteiger charge is 2.43. The minimum atomic E-state index is -4.94. The number of rotatable bonds is 2. The monoisotopic (exact) mass is 364 g/mol. The second-order valence-electron chi connectivity index (χ2n) is 5.79. The van der Waals surface area contributed by atoms with E-state index in [1.54, 1.807) is 6.07 Å². The fourth-order valence-corrected chi connectivity index (χ4v) is 2.53. The maximum Gasteiger partial charge on any atom is 0.352 e. The van der Waals surface area contributed by atoms with Crippen molar-refractivity contribution >= 4 is 11.9 Å². The number of fused-ring (bicyclic) bond motifs is 1. The van der Waals surface area contributed by atoms with Gasteiger partial charge in [-0.05, 0) is 24.3 Å². The van der Waals surface area contributed by atoms with E-state index in [1.807, 2.05) is 42.5 Å². The van der Waals surface area contributed by atoms with Crippen LogP contribution in [0.25, 0.3) is 6.08 Å². The van der Waals surface area contributed by atoms with Crippen LogP contribution in [0.15, 0.2) is 54.6 Å². The standard InChI is InChI=1S/C18H16O2.ClHO4/c1-18(2)15-9-5-4-8-14(15)17(20-18)12-11-13-7-3-6-10-16(13)19;2-1(3,4)5/h3-12H,1-2H3;(H,2,3,4,5)/b12-11+;. The molecule has 1 N–H and O–H groups in total. The van der Waals surface area contributed by atoms with Gasteiger partial charge in [0.25, 0.3) is 0 Å². The molecule has 0 radical (unpaired) electrons. The lowest BCUT2D eigenvalue weighted by Gasteiger charge is -2.17. The third kappa shape index (κ3) is 5.38. The lowest BCUT2D eigenvalue weighted by Crippen LogP contribution is -2.68. The largest absolute Gasteiger partial charge is 0.507 e. The van der Waals surface area contributed by atoms with Crippen molar-refractivity contribution in [2.45, 2.75) is 19.4 Å². The molecule has 0 atom stereocenters. The number of phenols is 1. The van der Waals surface area contributed by atoms with Gasteiger partial charge in [0.05, 0.1) is 11.1 Å². The Labute approximate surface area is 147 Å². The Hall–Kier alpha value is -2.22. The minimum absolute atomic E-state index is 0.273. The van der Waals surface area contributed by atoms with Crippen molar-refractivity contribution in [3.8, 4) is 5.75 Å². The number of allylic oxidation sites excluding steroid dienone is 1. The lowest BCUT2D eigenvalue weighted by molar-refractivity contribution is -2.00. The summed E-state index contributed by atoms with van der Waals surface area (Å²) in [6, 6.07) is 15.5. The SMILES string of the molecule is CC1(C)[O+]=C(/C=C/c2ccccc2O)c2ccccc21.[O-][Cl+3]([O-])([O-])[O-]. The Morgan fingerprint density at radius 1 is 0.920 bits per heavy atom. The molecule has 132 valence electrons. The molecule has 0 bridgehead atoms. The molecule has 0 unspecified atom stereocenters. The second kappa shape index (κ2) is 7.35. The van der Waals surface area contributed by atoms with Crippen LogP contribution in [0.2, 0.25) is 0 Å². The highest BCUT2D eigenvalue weighted by Crippen LogP contribution is 2.34. The quantitative estimate of drug-likeness (QED) is 0.558. The molecule has 1 heterocycles. The molecule has 0 fully saturated rings. The molecule has 0 saturated carbocycles. The van der Waals surface area contributed by atoms with E-state index >= 15 is 0 Å². The Kier molecular flexibility index (Phi) is 5.62. The zero-order valence-corrected chi connectivity index (χ0v) is 14.4. The van der Waals surface area contributed by atoms with E-state index < -0.39 is 10.2 Å². The first-order valence-corrected chi connectivity index (χ1v) is 8.55. The molecule has 0 amide bonds. The molecule has 25 heavy (non-hydrogen) atoms. The molecule has 0 aromatic heterocycles. The molecule has 7 heteroatoms. The number of halogens is 1. The molecule has 2 aromatic carbocycles. The van der Waals surface area contributed by atoms with Gasteiger partial charge in [-0.25, -0.2) is 23.1 Å². The smallest absolute Gasteiger partial charge is 0.352 e. The Balaban J connectivity index is 0.000000399. The van der Waals surface area contributed by atoms with Gasteiger partial charge >= 0.3 is 11.4 Å². The van der Waals surface area contributed by atoms with Gasteiger partial charge < -0.3 is 5.11 Å². The molecule has 6 nitrogen and oxygen atoms in total. The van der Waals surface area contributed by atoms with E-state index in [2.05, 4.69) is 26.0 Å². The van der Waals surface area contributed by atoms with Crippen LogP contribution in [0, 0.1) is 10.2 Å². The topological polar surface area (TPSA) is 124 Å². The summed E-state index contributed by atoms with van der Waals surface area (Å²) in [6.07, 6.45) is 3.80. The van der Waals surface area contributed by atoms with Crippen LogP contribution in [-0.2, 0) is 5.60 Å². The van der Waals surface area contributed by atoms with Gasteiger partial charge in [0.2, 0.25) is 0 Å². The number of aromatic hydroxyl groups is 1.